The summed E-state index contributed by atoms with van der Waals surface area (Å²) in [7, 11) is 3.76. The van der Waals surface area contributed by atoms with Crippen molar-refractivity contribution in [1.29, 1.82) is 0 Å². The van der Waals surface area contributed by atoms with Crippen LogP contribution in [0.25, 0.3) is 44.3 Å². The Labute approximate surface area is 394 Å². The molecule has 0 bridgehead atoms. The van der Waals surface area contributed by atoms with E-state index < -0.39 is 7.05 Å². The standard InChI is InChI=1S/C26H35BFN5O2.C25H32FN5O/c1-19-16-25-22(18-21(30(25)3)6-7-31-12-14-35-15-13-31)26(29-19)20-4-5-24(23(28)17-20)32-8-10-33(11-9-32)27(2)34;1-18-15-24-21(17-20(29(24)2)5-8-30-11-13-32-14-12-30)25(28-18)19-3-4-23(22(26)16-19)31-9-6-27-7-10-31/h4-5,16-18,34H,6-15H2,1-3H3;3-4,15-17,27H,5-14H2,1-2H3. The number of piperazine rings is 2. The minimum absolute atomic E-state index is 0.177. The van der Waals surface area contributed by atoms with Gasteiger partial charge in [-0.05, 0) is 69.2 Å². The lowest BCUT2D eigenvalue weighted by atomic mass is 9.84. The molecule has 0 aliphatic carbocycles. The number of halogens is 2. The Morgan fingerprint density at radius 2 is 1.03 bits per heavy atom. The normalized spacial score (nSPS) is 17.9. The highest BCUT2D eigenvalue weighted by Crippen LogP contribution is 2.35. The molecule has 356 valence electrons. The number of nitrogens with one attached hydrogen (secondary N) is 1. The van der Waals surface area contributed by atoms with Gasteiger partial charge >= 0.3 is 7.05 Å². The molecule has 0 atom stereocenters. The van der Waals surface area contributed by atoms with Crippen molar-refractivity contribution >= 4 is 40.2 Å². The number of hydrogen-bond donors (Lipinski definition) is 2. The van der Waals surface area contributed by atoms with Gasteiger partial charge in [0.05, 0.1) is 60.2 Å². The van der Waals surface area contributed by atoms with Crippen LogP contribution in [0.4, 0.5) is 20.2 Å². The van der Waals surface area contributed by atoms with Gasteiger partial charge in [0.15, 0.2) is 0 Å². The second-order valence-electron chi connectivity index (χ2n) is 18.6. The van der Waals surface area contributed by atoms with Crippen LogP contribution < -0.4 is 15.1 Å². The average Bonchev–Trinajstić information content (AvgIpc) is 3.84. The molecule has 0 amide bonds. The third-order valence-electron chi connectivity index (χ3n) is 14.2. The van der Waals surface area contributed by atoms with Crippen molar-refractivity contribution in [1.82, 2.24) is 39.0 Å². The van der Waals surface area contributed by atoms with Crippen LogP contribution in [0.3, 0.4) is 0 Å². The number of benzene rings is 2. The van der Waals surface area contributed by atoms with Crippen LogP contribution >= 0.6 is 0 Å². The SMILES string of the molecule is CB(O)N1CCN(c2ccc(-c3nc(C)cc4c3cc(CCN3CCOCC3)n4C)cc2F)CC1.Cc1cc2c(cc(CCN3CCOCC3)n2C)c(-c2ccc(N3CCNCC3)c(F)c2)n1. The Hall–Kier alpha value is -4.94. The van der Waals surface area contributed by atoms with E-state index in [9.17, 15) is 5.02 Å². The fraction of sp³-hybridized carbons (Fsp3) is 0.490. The number of anilines is 2. The molecule has 8 heterocycles. The zero-order valence-electron chi connectivity index (χ0n) is 40.0. The van der Waals surface area contributed by atoms with Crippen LogP contribution in [0.15, 0.2) is 60.7 Å². The number of rotatable bonds is 11. The number of ether oxygens (including phenoxy) is 2. The van der Waals surface area contributed by atoms with Crippen molar-refractivity contribution in [3.8, 4) is 22.5 Å². The maximum atomic E-state index is 15.3. The summed E-state index contributed by atoms with van der Waals surface area (Å²) >= 11 is 0. The van der Waals surface area contributed by atoms with E-state index in [1.165, 1.54) is 11.4 Å². The fourth-order valence-electron chi connectivity index (χ4n) is 10.2. The van der Waals surface area contributed by atoms with E-state index in [1.54, 1.807) is 19.0 Å². The maximum Gasteiger partial charge on any atom is 0.376 e. The van der Waals surface area contributed by atoms with E-state index in [-0.39, 0.29) is 11.6 Å². The van der Waals surface area contributed by atoms with E-state index in [2.05, 4.69) is 72.4 Å². The molecule has 10 rings (SSSR count). The molecule has 0 saturated carbocycles. The van der Waals surface area contributed by atoms with Crippen LogP contribution in [0.2, 0.25) is 6.82 Å². The topological polar surface area (TPSA) is 103 Å². The molecular weight excluding hydrogens is 849 g/mol. The summed E-state index contributed by atoms with van der Waals surface area (Å²) in [5.74, 6) is -0.405. The number of morpholine rings is 2. The Balaban J connectivity index is 0.000000169. The number of nitrogens with zero attached hydrogens (tertiary/aromatic N) is 9. The molecule has 2 N–H and O–H groups in total. The predicted octanol–water partition coefficient (Wildman–Crippen LogP) is 5.77. The molecule has 4 fully saturated rings. The molecule has 4 aliphatic rings. The highest BCUT2D eigenvalue weighted by molar-refractivity contribution is 6.45. The van der Waals surface area contributed by atoms with Gasteiger partial charge in [0, 0.05) is 163 Å². The highest BCUT2D eigenvalue weighted by atomic mass is 19.1. The van der Waals surface area contributed by atoms with Crippen LogP contribution in [-0.4, -0.2) is 164 Å². The summed E-state index contributed by atoms with van der Waals surface area (Å²) in [4.78, 5) is 20.7. The Morgan fingerprint density at radius 1 is 0.597 bits per heavy atom. The van der Waals surface area contributed by atoms with Crippen molar-refractivity contribution in [2.24, 2.45) is 14.1 Å². The van der Waals surface area contributed by atoms with Crippen molar-refractivity contribution in [2.75, 3.05) is 128 Å². The number of hydrogen-bond acceptors (Lipinski definition) is 11. The fourth-order valence-corrected chi connectivity index (χ4v) is 10.2. The van der Waals surface area contributed by atoms with Crippen molar-refractivity contribution < 1.29 is 23.3 Å². The second kappa shape index (κ2) is 21.1. The summed E-state index contributed by atoms with van der Waals surface area (Å²) < 4.78 is 45.9. The summed E-state index contributed by atoms with van der Waals surface area (Å²) in [5.41, 5.74) is 11.3. The monoisotopic (exact) mass is 917 g/mol. The van der Waals surface area contributed by atoms with Crippen LogP contribution in [-0.2, 0) is 36.4 Å². The van der Waals surface area contributed by atoms with Crippen LogP contribution in [0, 0.1) is 25.5 Å². The van der Waals surface area contributed by atoms with E-state index in [0.29, 0.717) is 24.5 Å². The largest absolute Gasteiger partial charge is 0.437 e. The first-order valence-corrected chi connectivity index (χ1v) is 24.3. The molecule has 4 aliphatic heterocycles. The van der Waals surface area contributed by atoms with Gasteiger partial charge in [0.1, 0.15) is 11.6 Å². The Morgan fingerprint density at radius 3 is 1.45 bits per heavy atom. The summed E-state index contributed by atoms with van der Waals surface area (Å²) in [6.07, 6.45) is 1.93. The van der Waals surface area contributed by atoms with Gasteiger partial charge in [-0.25, -0.2) is 8.78 Å². The van der Waals surface area contributed by atoms with E-state index in [4.69, 9.17) is 19.4 Å². The maximum absolute atomic E-state index is 15.3. The lowest BCUT2D eigenvalue weighted by Gasteiger charge is -2.36. The lowest BCUT2D eigenvalue weighted by Crippen LogP contribution is -2.51. The first kappa shape index (κ1) is 47.1. The summed E-state index contributed by atoms with van der Waals surface area (Å²) in [6.45, 7) is 21.3. The first-order valence-electron chi connectivity index (χ1n) is 24.3. The zero-order chi connectivity index (χ0) is 46.6. The van der Waals surface area contributed by atoms with E-state index >= 15 is 8.78 Å². The van der Waals surface area contributed by atoms with Gasteiger partial charge in [-0.2, -0.15) is 0 Å². The summed E-state index contributed by atoms with van der Waals surface area (Å²) in [5, 5.41) is 15.3. The number of fused-ring (bicyclic) bond motifs is 2. The highest BCUT2D eigenvalue weighted by Gasteiger charge is 2.25. The van der Waals surface area contributed by atoms with Gasteiger partial charge in [0.2, 0.25) is 0 Å². The quantitative estimate of drug-likeness (QED) is 0.155. The molecule has 67 heavy (non-hydrogen) atoms. The Bertz CT molecular complexity index is 2650. The number of aromatic nitrogens is 4. The minimum atomic E-state index is -0.469. The van der Waals surface area contributed by atoms with Gasteiger partial charge in [-0.1, -0.05) is 12.1 Å². The third-order valence-corrected chi connectivity index (χ3v) is 14.2. The van der Waals surface area contributed by atoms with Crippen molar-refractivity contribution in [3.05, 3.63) is 95.1 Å². The lowest BCUT2D eigenvalue weighted by molar-refractivity contribution is 0.0382. The smallest absolute Gasteiger partial charge is 0.376 e. The molecule has 2 aromatic carbocycles. The molecular formula is C51H67BF2N10O3. The molecule has 16 heteroatoms. The number of pyridine rings is 2. The van der Waals surface area contributed by atoms with E-state index in [0.717, 1.165) is 174 Å². The summed E-state index contributed by atoms with van der Waals surface area (Å²) in [6, 6.07) is 19.8. The van der Waals surface area contributed by atoms with Crippen molar-refractivity contribution in [3.63, 3.8) is 0 Å². The minimum Gasteiger partial charge on any atom is -0.437 e. The molecule has 0 spiro atoms. The number of aryl methyl sites for hydroxylation is 4. The van der Waals surface area contributed by atoms with E-state index in [1.807, 2.05) is 42.9 Å². The average molecular weight is 917 g/mol. The van der Waals surface area contributed by atoms with Gasteiger partial charge in [-0.15, -0.1) is 0 Å². The molecule has 13 nitrogen and oxygen atoms in total. The Kier molecular flexibility index (Phi) is 14.9. The zero-order valence-corrected chi connectivity index (χ0v) is 40.0. The molecule has 4 aromatic heterocycles. The molecule has 0 radical (unpaired) electrons. The molecule has 4 saturated heterocycles. The molecule has 6 aromatic rings. The van der Waals surface area contributed by atoms with Gasteiger partial charge in [-0.3, -0.25) is 19.8 Å². The second-order valence-corrected chi connectivity index (χ2v) is 18.6. The third kappa shape index (κ3) is 10.7. The predicted molar refractivity (Wildman–Crippen MR) is 266 cm³/mol. The molecule has 0 unspecified atom stereocenters. The van der Waals surface area contributed by atoms with Gasteiger partial charge < -0.3 is 43.6 Å². The van der Waals surface area contributed by atoms with Crippen molar-refractivity contribution in [2.45, 2.75) is 33.5 Å². The van der Waals surface area contributed by atoms with Crippen LogP contribution in [0.1, 0.15) is 22.8 Å². The van der Waals surface area contributed by atoms with Gasteiger partial charge in [0.25, 0.3) is 0 Å². The van der Waals surface area contributed by atoms with Crippen LogP contribution in [0.5, 0.6) is 0 Å². The first-order chi connectivity index (χ1) is 32.5.